The minimum atomic E-state index is -3.40. The van der Waals surface area contributed by atoms with Crippen molar-refractivity contribution in [3.63, 3.8) is 0 Å². The van der Waals surface area contributed by atoms with E-state index in [1.807, 2.05) is 44.2 Å². The second-order valence-electron chi connectivity index (χ2n) is 8.61. The van der Waals surface area contributed by atoms with E-state index in [0.717, 1.165) is 48.2 Å². The van der Waals surface area contributed by atoms with E-state index in [0.29, 0.717) is 19.5 Å². The van der Waals surface area contributed by atoms with Crippen LogP contribution in [0.4, 0.5) is 0 Å². The van der Waals surface area contributed by atoms with Crippen LogP contribution in [0.1, 0.15) is 54.6 Å². The number of sulfonamides is 1. The first-order chi connectivity index (χ1) is 14.3. The maximum atomic E-state index is 13.5. The Balaban J connectivity index is 1.60. The van der Waals surface area contributed by atoms with E-state index in [1.165, 1.54) is 0 Å². The van der Waals surface area contributed by atoms with Gasteiger partial charge in [0, 0.05) is 30.4 Å². The number of aryl methyl sites for hydroxylation is 2. The monoisotopic (exact) mass is 430 g/mol. The molecule has 2 aliphatic rings. The zero-order chi connectivity index (χ0) is 21.4. The summed E-state index contributed by atoms with van der Waals surface area (Å²) in [5.74, 6) is -0.00628. The minimum Gasteiger partial charge on any atom is -0.351 e. The number of amides is 1. The second-order valence-corrected chi connectivity index (χ2v) is 10.7. The molecule has 0 spiro atoms. The van der Waals surface area contributed by atoms with Crippen molar-refractivity contribution in [2.75, 3.05) is 5.75 Å². The van der Waals surface area contributed by atoms with Gasteiger partial charge in [-0.25, -0.2) is 8.42 Å². The zero-order valence-electron chi connectivity index (χ0n) is 17.6. The van der Waals surface area contributed by atoms with Crippen LogP contribution in [-0.2, 0) is 27.9 Å². The van der Waals surface area contributed by atoms with Gasteiger partial charge in [0.05, 0.1) is 16.9 Å². The van der Waals surface area contributed by atoms with Gasteiger partial charge in [0.15, 0.2) is 0 Å². The third-order valence-corrected chi connectivity index (χ3v) is 8.66. The Bertz CT molecular complexity index is 999. The molecule has 1 saturated heterocycles. The van der Waals surface area contributed by atoms with Crippen molar-refractivity contribution in [3.05, 3.63) is 52.8 Å². The molecule has 1 aliphatic heterocycles. The average molecular weight is 431 g/mol. The molecule has 0 bridgehead atoms. The molecule has 1 amide bonds. The van der Waals surface area contributed by atoms with Crippen molar-refractivity contribution in [3.8, 4) is 0 Å². The summed E-state index contributed by atoms with van der Waals surface area (Å²) < 4.78 is 27.7. The standard InChI is InChI=1S/C22H30N4O3S/c1-16-19(17(2)25-24-16)14-23-21(27)22-11-7-6-10-20(22)26(30(28,29)13-12-22)15-18-8-4-3-5-9-18/h3-5,8-9,20H,6-7,10-15H2,1-2H3,(H,23,27)(H,24,25)/t20-,22-/m1/s1. The van der Waals surface area contributed by atoms with E-state index in [4.69, 9.17) is 0 Å². The SMILES string of the molecule is Cc1n[nH]c(C)c1CNC(=O)[C@@]12CCCC[C@H]1N(Cc1ccccc1)S(=O)(=O)CC2. The smallest absolute Gasteiger partial charge is 0.228 e. The molecule has 0 radical (unpaired) electrons. The van der Waals surface area contributed by atoms with Crippen LogP contribution in [-0.4, -0.2) is 40.6 Å². The molecule has 1 aliphatic carbocycles. The van der Waals surface area contributed by atoms with Crippen LogP contribution in [0.25, 0.3) is 0 Å². The molecule has 7 nitrogen and oxygen atoms in total. The highest BCUT2D eigenvalue weighted by Crippen LogP contribution is 2.47. The van der Waals surface area contributed by atoms with Gasteiger partial charge in [0.25, 0.3) is 0 Å². The van der Waals surface area contributed by atoms with Gasteiger partial charge in [0.2, 0.25) is 15.9 Å². The van der Waals surface area contributed by atoms with Crippen molar-refractivity contribution in [2.24, 2.45) is 5.41 Å². The number of rotatable bonds is 5. The largest absolute Gasteiger partial charge is 0.351 e. The Labute approximate surface area is 178 Å². The van der Waals surface area contributed by atoms with Gasteiger partial charge in [-0.05, 0) is 38.7 Å². The lowest BCUT2D eigenvalue weighted by Gasteiger charge is -2.50. The van der Waals surface area contributed by atoms with Crippen LogP contribution in [0.3, 0.4) is 0 Å². The predicted molar refractivity (Wildman–Crippen MR) is 115 cm³/mol. The van der Waals surface area contributed by atoms with Gasteiger partial charge < -0.3 is 5.32 Å². The molecule has 2 heterocycles. The summed E-state index contributed by atoms with van der Waals surface area (Å²) in [6, 6.07) is 9.35. The number of carbonyl (C=O) groups is 1. The summed E-state index contributed by atoms with van der Waals surface area (Å²) in [4.78, 5) is 13.5. The summed E-state index contributed by atoms with van der Waals surface area (Å²) in [6.45, 7) is 4.59. The fourth-order valence-corrected chi connectivity index (χ4v) is 6.98. The van der Waals surface area contributed by atoms with E-state index >= 15 is 0 Å². The molecule has 0 unspecified atom stereocenters. The highest BCUT2D eigenvalue weighted by Gasteiger charge is 2.55. The van der Waals surface area contributed by atoms with Crippen LogP contribution in [0.5, 0.6) is 0 Å². The Morgan fingerprint density at radius 3 is 2.70 bits per heavy atom. The molecule has 30 heavy (non-hydrogen) atoms. The zero-order valence-corrected chi connectivity index (χ0v) is 18.5. The average Bonchev–Trinajstić information content (AvgIpc) is 3.06. The van der Waals surface area contributed by atoms with Crippen LogP contribution in [0.15, 0.2) is 30.3 Å². The second kappa shape index (κ2) is 8.15. The summed E-state index contributed by atoms with van der Waals surface area (Å²) in [5.41, 5.74) is 3.11. The number of hydrogen-bond acceptors (Lipinski definition) is 4. The summed E-state index contributed by atoms with van der Waals surface area (Å²) in [5, 5.41) is 10.3. The maximum Gasteiger partial charge on any atom is 0.228 e. The van der Waals surface area contributed by atoms with Crippen molar-refractivity contribution in [1.29, 1.82) is 0 Å². The van der Waals surface area contributed by atoms with Crippen LogP contribution in [0.2, 0.25) is 0 Å². The van der Waals surface area contributed by atoms with E-state index in [-0.39, 0.29) is 17.7 Å². The van der Waals surface area contributed by atoms with Gasteiger partial charge in [0.1, 0.15) is 0 Å². The van der Waals surface area contributed by atoms with Crippen LogP contribution < -0.4 is 5.32 Å². The summed E-state index contributed by atoms with van der Waals surface area (Å²) >= 11 is 0. The van der Waals surface area contributed by atoms with Crippen LogP contribution in [0, 0.1) is 19.3 Å². The number of H-pyrrole nitrogens is 1. The number of carbonyl (C=O) groups excluding carboxylic acids is 1. The minimum absolute atomic E-state index is 0.0213. The van der Waals surface area contributed by atoms with Crippen molar-refractivity contribution >= 4 is 15.9 Å². The highest BCUT2D eigenvalue weighted by molar-refractivity contribution is 7.89. The number of fused-ring (bicyclic) bond motifs is 1. The lowest BCUT2D eigenvalue weighted by Crippen LogP contribution is -2.62. The van der Waals surface area contributed by atoms with Gasteiger partial charge in [-0.2, -0.15) is 9.40 Å². The molecule has 162 valence electrons. The molecule has 1 aromatic heterocycles. The number of nitrogens with zero attached hydrogens (tertiary/aromatic N) is 2. The molecular formula is C22H30N4O3S. The number of aromatic amines is 1. The Kier molecular flexibility index (Phi) is 5.72. The molecule has 2 atom stereocenters. The Hall–Kier alpha value is -2.19. The van der Waals surface area contributed by atoms with Gasteiger partial charge >= 0.3 is 0 Å². The van der Waals surface area contributed by atoms with Crippen LogP contribution >= 0.6 is 0 Å². The fraction of sp³-hybridized carbons (Fsp3) is 0.545. The number of hydrogen-bond donors (Lipinski definition) is 2. The molecule has 2 fully saturated rings. The molecule has 1 aromatic carbocycles. The molecule has 8 heteroatoms. The number of nitrogens with one attached hydrogen (secondary N) is 2. The first-order valence-electron chi connectivity index (χ1n) is 10.7. The van der Waals surface area contributed by atoms with Gasteiger partial charge in [-0.1, -0.05) is 43.2 Å². The van der Waals surface area contributed by atoms with Crippen molar-refractivity contribution in [2.45, 2.75) is 65.1 Å². The molecule has 2 N–H and O–H groups in total. The third kappa shape index (κ3) is 3.78. The van der Waals surface area contributed by atoms with E-state index in [9.17, 15) is 13.2 Å². The normalized spacial score (nSPS) is 26.1. The molecule has 1 saturated carbocycles. The summed E-state index contributed by atoms with van der Waals surface area (Å²) in [6.07, 6.45) is 3.74. The Morgan fingerprint density at radius 2 is 2.00 bits per heavy atom. The fourth-order valence-electron chi connectivity index (χ4n) is 5.08. The predicted octanol–water partition coefficient (Wildman–Crippen LogP) is 2.81. The lowest BCUT2D eigenvalue weighted by atomic mass is 9.67. The molecule has 4 rings (SSSR count). The van der Waals surface area contributed by atoms with E-state index in [2.05, 4.69) is 15.5 Å². The number of aromatic nitrogens is 2. The molecular weight excluding hydrogens is 400 g/mol. The first kappa shape index (κ1) is 21.1. The molecule has 2 aromatic rings. The first-order valence-corrected chi connectivity index (χ1v) is 12.3. The van der Waals surface area contributed by atoms with Crippen molar-refractivity contribution < 1.29 is 13.2 Å². The maximum absolute atomic E-state index is 13.5. The topological polar surface area (TPSA) is 95.2 Å². The number of benzene rings is 1. The van der Waals surface area contributed by atoms with E-state index < -0.39 is 15.4 Å². The third-order valence-electron chi connectivity index (χ3n) is 6.84. The van der Waals surface area contributed by atoms with Gasteiger partial charge in [-0.15, -0.1) is 0 Å². The van der Waals surface area contributed by atoms with E-state index in [1.54, 1.807) is 4.31 Å². The quantitative estimate of drug-likeness (QED) is 0.763. The summed E-state index contributed by atoms with van der Waals surface area (Å²) in [7, 11) is -3.40. The highest BCUT2D eigenvalue weighted by atomic mass is 32.2. The lowest BCUT2D eigenvalue weighted by molar-refractivity contribution is -0.137. The van der Waals surface area contributed by atoms with Gasteiger partial charge in [-0.3, -0.25) is 9.89 Å². The Morgan fingerprint density at radius 1 is 1.23 bits per heavy atom. The van der Waals surface area contributed by atoms with Crippen molar-refractivity contribution in [1.82, 2.24) is 19.8 Å².